The van der Waals surface area contributed by atoms with Gasteiger partial charge in [0.2, 0.25) is 5.91 Å². The van der Waals surface area contributed by atoms with Gasteiger partial charge < -0.3 is 25.3 Å². The molecule has 2 atom stereocenters. The van der Waals surface area contributed by atoms with Gasteiger partial charge >= 0.3 is 41.6 Å². The third kappa shape index (κ3) is 7.72. The average molecular weight is 573 g/mol. The third-order valence-corrected chi connectivity index (χ3v) is 5.87. The number of nitrogens with one attached hydrogen (secondary N) is 3. The molecule has 4 amide bonds. The van der Waals surface area contributed by atoms with Crippen LogP contribution in [0.5, 0.6) is 0 Å². The Morgan fingerprint density at radius 3 is 2.51 bits per heavy atom. The first-order chi connectivity index (χ1) is 15.7. The normalized spacial score (nSPS) is 18.2. The van der Waals surface area contributed by atoms with Crippen molar-refractivity contribution in [3.8, 4) is 0 Å². The van der Waals surface area contributed by atoms with E-state index in [9.17, 15) is 45.3 Å². The summed E-state index contributed by atoms with van der Waals surface area (Å²) in [5.74, 6) is -6.12. The summed E-state index contributed by atoms with van der Waals surface area (Å²) in [5.41, 5.74) is -0.740. The van der Waals surface area contributed by atoms with Crippen molar-refractivity contribution in [3.05, 3.63) is 11.1 Å². The molecule has 14 nitrogen and oxygen atoms in total. The summed E-state index contributed by atoms with van der Waals surface area (Å²) in [4.78, 5) is 55.6. The van der Waals surface area contributed by atoms with Crippen LogP contribution in [0.3, 0.4) is 0 Å². The molecule has 1 fully saturated rings. The molecule has 1 saturated heterocycles. The van der Waals surface area contributed by atoms with Gasteiger partial charge in [0.15, 0.2) is 21.1 Å². The van der Waals surface area contributed by atoms with E-state index in [2.05, 4.69) is 20.3 Å². The molecule has 0 aromatic carbocycles. The molecule has 2 heterocycles. The summed E-state index contributed by atoms with van der Waals surface area (Å²) >= 11 is 6.21. The van der Waals surface area contributed by atoms with Crippen LogP contribution in [-0.2, 0) is 34.3 Å². The number of hydrogen-bond acceptors (Lipinski definition) is 11. The minimum absolute atomic E-state index is 0. The number of anilines is 1. The number of alkyl halides is 4. The second-order valence-corrected chi connectivity index (χ2v) is 8.53. The Kier molecular flexibility index (Phi) is 10.9. The molecule has 0 saturated carbocycles. The van der Waals surface area contributed by atoms with Crippen LogP contribution >= 0.6 is 22.9 Å². The smallest absolute Gasteiger partial charge is 0.731 e. The third-order valence-electron chi connectivity index (χ3n) is 3.94. The van der Waals surface area contributed by atoms with E-state index in [1.54, 1.807) is 0 Å². The van der Waals surface area contributed by atoms with E-state index in [0.717, 1.165) is 18.4 Å². The number of amides is 4. The average Bonchev–Trinajstić information content (AvgIpc) is 3.18. The first-order valence-electron chi connectivity index (χ1n) is 8.58. The molecular formula is C14H13ClF3N6NaO8S2. The number of halogens is 4. The van der Waals surface area contributed by atoms with Crippen molar-refractivity contribution < 1.29 is 79.7 Å². The maximum Gasteiger partial charge on any atom is 1.00 e. The largest absolute Gasteiger partial charge is 1.00 e. The molecule has 2 rings (SSSR count). The fraction of sp³-hybridized carbons (Fsp3) is 0.429. The number of aromatic nitrogens is 1. The number of hydrogen-bond donors (Lipinski definition) is 3. The molecule has 1 aromatic heterocycles. The van der Waals surface area contributed by atoms with Crippen LogP contribution in [0, 0.1) is 0 Å². The Morgan fingerprint density at radius 1 is 1.37 bits per heavy atom. The Balaban J connectivity index is 0.00000612. The predicted octanol–water partition coefficient (Wildman–Crippen LogP) is -4.49. The Morgan fingerprint density at radius 2 is 2.00 bits per heavy atom. The van der Waals surface area contributed by atoms with Gasteiger partial charge in [-0.1, -0.05) is 5.16 Å². The van der Waals surface area contributed by atoms with Gasteiger partial charge in [-0.05, 0) is 0 Å². The quantitative estimate of drug-likeness (QED) is 0.0651. The van der Waals surface area contributed by atoms with E-state index >= 15 is 0 Å². The van der Waals surface area contributed by atoms with Crippen molar-refractivity contribution in [2.24, 2.45) is 5.16 Å². The van der Waals surface area contributed by atoms with Crippen molar-refractivity contribution in [1.82, 2.24) is 19.9 Å². The predicted molar refractivity (Wildman–Crippen MR) is 106 cm³/mol. The van der Waals surface area contributed by atoms with Gasteiger partial charge in [0.1, 0.15) is 24.7 Å². The van der Waals surface area contributed by atoms with E-state index in [1.165, 1.54) is 10.7 Å². The molecule has 21 heteroatoms. The minimum atomic E-state index is -5.48. The van der Waals surface area contributed by atoms with E-state index < -0.39 is 64.4 Å². The van der Waals surface area contributed by atoms with Crippen molar-refractivity contribution >= 4 is 67.7 Å². The van der Waals surface area contributed by atoms with Crippen LogP contribution in [0.2, 0.25) is 0 Å². The van der Waals surface area contributed by atoms with Crippen LogP contribution in [0.4, 0.5) is 18.3 Å². The first kappa shape index (κ1) is 31.0. The Labute approximate surface area is 225 Å². The van der Waals surface area contributed by atoms with E-state index in [-0.39, 0.29) is 50.6 Å². The maximum atomic E-state index is 12.6. The molecule has 0 aliphatic carbocycles. The number of thiazole rings is 1. The summed E-state index contributed by atoms with van der Waals surface area (Å²) in [6.07, 6.45) is -5.33. The topological polar surface area (TPSA) is 199 Å². The van der Waals surface area contributed by atoms with Gasteiger partial charge in [-0.15, -0.1) is 22.9 Å². The summed E-state index contributed by atoms with van der Waals surface area (Å²) in [7, 11) is -4.43. The molecular weight excluding hydrogens is 560 g/mol. The van der Waals surface area contributed by atoms with Crippen LogP contribution in [0.25, 0.3) is 0 Å². The van der Waals surface area contributed by atoms with Gasteiger partial charge in [-0.2, -0.15) is 13.2 Å². The molecule has 2 unspecified atom stereocenters. The van der Waals surface area contributed by atoms with Gasteiger partial charge in [0.05, 0.1) is 6.04 Å². The van der Waals surface area contributed by atoms with Crippen molar-refractivity contribution in [2.45, 2.75) is 18.3 Å². The van der Waals surface area contributed by atoms with Crippen LogP contribution < -0.4 is 45.5 Å². The van der Waals surface area contributed by atoms with E-state index in [1.807, 2.05) is 5.32 Å². The van der Waals surface area contributed by atoms with Crippen molar-refractivity contribution in [1.29, 1.82) is 0 Å². The summed E-state index contributed by atoms with van der Waals surface area (Å²) in [6.45, 7) is -1.13. The van der Waals surface area contributed by atoms with Gasteiger partial charge in [0.25, 0.3) is 11.8 Å². The molecule has 0 spiro atoms. The Hall–Kier alpha value is -2.03. The summed E-state index contributed by atoms with van der Waals surface area (Å²) in [5, 5.41) is 10.3. The number of carbonyl (C=O) groups excluding carboxylic acids is 4. The summed E-state index contributed by atoms with van der Waals surface area (Å²) in [6, 6.07) is -3.68. The zero-order valence-electron chi connectivity index (χ0n) is 17.6. The summed E-state index contributed by atoms with van der Waals surface area (Å²) < 4.78 is 70.8. The number of rotatable bonds is 9. The number of β-lactam (4-membered cyclic amide) rings is 1. The minimum Gasteiger partial charge on any atom is -0.731 e. The Bertz CT molecular complexity index is 1130. The first-order valence-corrected chi connectivity index (χ1v) is 11.4. The molecule has 1 aromatic rings. The van der Waals surface area contributed by atoms with Gasteiger partial charge in [-0.25, -0.2) is 17.7 Å². The SMILES string of the molecule is CON=C(C(=O)NC1C(=O)N(S(=O)(=O)[O-])C1CNC(=O)C(F)(F)F)c1csc(NC(=O)CCl)n1.[Na+]. The van der Waals surface area contributed by atoms with Crippen molar-refractivity contribution in [2.75, 3.05) is 24.9 Å². The van der Waals surface area contributed by atoms with Gasteiger partial charge in [-0.3, -0.25) is 19.2 Å². The molecule has 3 N–H and O–H groups in total. The standard InChI is InChI=1S/C14H14ClF3N6O8S2.Na/c1-32-23-8(5-4-33-13(20-5)21-7(25)2-15)10(26)22-9-6(3-19-12(28)14(16,17)18)24(11(9)27)34(29,30)31;/h4,6,9H,2-3H2,1H3,(H,19,28)(H,22,26)(H,20,21,25)(H,29,30,31);/q;+1/p-1. The number of oxime groups is 1. The van der Waals surface area contributed by atoms with E-state index in [4.69, 9.17) is 11.6 Å². The fourth-order valence-electron chi connectivity index (χ4n) is 2.55. The molecule has 0 bridgehead atoms. The zero-order chi connectivity index (χ0) is 25.8. The van der Waals surface area contributed by atoms with Crippen LogP contribution in [0.1, 0.15) is 5.69 Å². The second kappa shape index (κ2) is 12.3. The molecule has 1 aliphatic heterocycles. The second-order valence-electron chi connectivity index (χ2n) is 6.16. The molecule has 35 heavy (non-hydrogen) atoms. The van der Waals surface area contributed by atoms with Crippen LogP contribution in [0.15, 0.2) is 10.5 Å². The monoisotopic (exact) mass is 572 g/mol. The van der Waals surface area contributed by atoms with Gasteiger partial charge in [0, 0.05) is 11.9 Å². The van der Waals surface area contributed by atoms with Crippen LogP contribution in [-0.4, -0.2) is 89.4 Å². The number of carbonyl (C=O) groups is 4. The zero-order valence-corrected chi connectivity index (χ0v) is 22.0. The maximum absolute atomic E-state index is 12.6. The number of nitrogens with zero attached hydrogens (tertiary/aromatic N) is 3. The molecule has 188 valence electrons. The molecule has 0 radical (unpaired) electrons. The van der Waals surface area contributed by atoms with E-state index in [0.29, 0.717) is 0 Å². The molecule has 1 aliphatic rings. The fourth-order valence-corrected chi connectivity index (χ4v) is 4.19. The van der Waals surface area contributed by atoms with Crippen molar-refractivity contribution in [3.63, 3.8) is 0 Å².